The van der Waals surface area contributed by atoms with Gasteiger partial charge in [-0.2, -0.15) is 0 Å². The summed E-state index contributed by atoms with van der Waals surface area (Å²) in [6.07, 6.45) is 4.22. The van der Waals surface area contributed by atoms with Gasteiger partial charge in [-0.25, -0.2) is 0 Å². The van der Waals surface area contributed by atoms with E-state index in [4.69, 9.17) is 10.2 Å². The predicted molar refractivity (Wildman–Crippen MR) is 52.4 cm³/mol. The average Bonchev–Trinajstić information content (AvgIpc) is 2.98. The lowest BCUT2D eigenvalue weighted by Crippen LogP contribution is -2.39. The molecule has 0 bridgehead atoms. The average molecular weight is 208 g/mol. The van der Waals surface area contributed by atoms with E-state index in [-0.39, 0.29) is 18.3 Å². The zero-order valence-electron chi connectivity index (χ0n) is 8.10. The van der Waals surface area contributed by atoms with E-state index >= 15 is 0 Å². The number of nitrogens with one attached hydrogen (secondary N) is 1. The first-order valence-electron chi connectivity index (χ1n) is 4.73. The van der Waals surface area contributed by atoms with Crippen molar-refractivity contribution in [3.8, 4) is 5.75 Å². The number of hydrogen-bond acceptors (Lipinski definition) is 4. The Morgan fingerprint density at radius 1 is 1.53 bits per heavy atom. The van der Waals surface area contributed by atoms with Gasteiger partial charge in [-0.3, -0.25) is 9.78 Å². The van der Waals surface area contributed by atoms with Crippen molar-refractivity contribution < 1.29 is 15.0 Å². The van der Waals surface area contributed by atoms with Crippen molar-refractivity contribution in [2.75, 3.05) is 6.61 Å². The lowest BCUT2D eigenvalue weighted by Gasteiger charge is -2.13. The van der Waals surface area contributed by atoms with E-state index in [0.717, 1.165) is 12.8 Å². The summed E-state index contributed by atoms with van der Waals surface area (Å²) in [4.78, 5) is 15.3. The molecule has 0 aromatic carbocycles. The van der Waals surface area contributed by atoms with Gasteiger partial charge in [0.15, 0.2) is 0 Å². The Labute approximate surface area is 86.8 Å². The van der Waals surface area contributed by atoms with Gasteiger partial charge in [-0.1, -0.05) is 0 Å². The van der Waals surface area contributed by atoms with E-state index in [9.17, 15) is 4.79 Å². The summed E-state index contributed by atoms with van der Waals surface area (Å²) in [6, 6.07) is 1.34. The molecule has 0 saturated heterocycles. The molecule has 1 fully saturated rings. The molecule has 5 heteroatoms. The van der Waals surface area contributed by atoms with Crippen molar-refractivity contribution >= 4 is 5.91 Å². The van der Waals surface area contributed by atoms with Crippen LogP contribution in [0.2, 0.25) is 0 Å². The molecule has 1 aromatic rings. The minimum atomic E-state index is -0.442. The van der Waals surface area contributed by atoms with Crippen LogP contribution in [0.5, 0.6) is 5.75 Å². The third-order valence-electron chi connectivity index (χ3n) is 2.52. The molecule has 1 aromatic heterocycles. The first-order chi connectivity index (χ1) is 7.15. The Morgan fingerprint density at radius 3 is 2.80 bits per heavy atom. The van der Waals surface area contributed by atoms with Gasteiger partial charge in [0.05, 0.1) is 23.9 Å². The number of carbonyl (C=O) groups is 1. The summed E-state index contributed by atoms with van der Waals surface area (Å²) >= 11 is 0. The lowest BCUT2D eigenvalue weighted by atomic mass is 10.2. The molecule has 80 valence electrons. The van der Waals surface area contributed by atoms with Crippen LogP contribution in [0.4, 0.5) is 0 Å². The number of rotatable bonds is 3. The fourth-order valence-corrected chi connectivity index (χ4v) is 1.34. The molecule has 1 aliphatic carbocycles. The number of carbonyl (C=O) groups excluding carboxylic acids is 1. The Bertz CT molecular complexity index is 388. The zero-order chi connectivity index (χ0) is 10.9. The van der Waals surface area contributed by atoms with Gasteiger partial charge in [-0.15, -0.1) is 0 Å². The molecule has 2 rings (SSSR count). The second kappa shape index (κ2) is 3.51. The highest BCUT2D eigenvalue weighted by atomic mass is 16.3. The molecule has 15 heavy (non-hydrogen) atoms. The van der Waals surface area contributed by atoms with E-state index < -0.39 is 5.54 Å². The first kappa shape index (κ1) is 9.92. The van der Waals surface area contributed by atoms with Gasteiger partial charge >= 0.3 is 0 Å². The monoisotopic (exact) mass is 208 g/mol. The normalized spacial score (nSPS) is 17.1. The van der Waals surface area contributed by atoms with Gasteiger partial charge in [0.25, 0.3) is 5.91 Å². The standard InChI is InChI=1S/C10H12N2O3/c13-6-10(1-2-10)12-9(15)7-3-8(14)5-11-4-7/h3-5,13-14H,1-2,6H2,(H,12,15). The third-order valence-corrected chi connectivity index (χ3v) is 2.52. The van der Waals surface area contributed by atoms with E-state index in [1.165, 1.54) is 18.5 Å². The van der Waals surface area contributed by atoms with E-state index in [1.54, 1.807) is 0 Å². The van der Waals surface area contributed by atoms with Crippen molar-refractivity contribution in [2.24, 2.45) is 0 Å². The molecule has 1 aliphatic rings. The second-order valence-corrected chi connectivity index (χ2v) is 3.82. The molecule has 0 unspecified atom stereocenters. The molecule has 1 saturated carbocycles. The van der Waals surface area contributed by atoms with Crippen LogP contribution in [-0.4, -0.2) is 33.3 Å². The molecular weight excluding hydrogens is 196 g/mol. The minimum Gasteiger partial charge on any atom is -0.506 e. The molecule has 0 atom stereocenters. The molecule has 1 amide bonds. The van der Waals surface area contributed by atoms with Crippen LogP contribution in [0.3, 0.4) is 0 Å². The van der Waals surface area contributed by atoms with Crippen LogP contribution in [0.1, 0.15) is 23.2 Å². The highest BCUT2D eigenvalue weighted by Crippen LogP contribution is 2.34. The minimum absolute atomic E-state index is 0.0449. The topological polar surface area (TPSA) is 82.5 Å². The molecular formula is C10H12N2O3. The van der Waals surface area contributed by atoms with E-state index in [1.807, 2.05) is 0 Å². The van der Waals surface area contributed by atoms with Crippen LogP contribution >= 0.6 is 0 Å². The number of aromatic nitrogens is 1. The third kappa shape index (κ3) is 2.07. The fourth-order valence-electron chi connectivity index (χ4n) is 1.34. The number of hydrogen-bond donors (Lipinski definition) is 3. The summed E-state index contributed by atoms with van der Waals surface area (Å²) in [7, 11) is 0. The van der Waals surface area contributed by atoms with Crippen molar-refractivity contribution in [3.05, 3.63) is 24.0 Å². The van der Waals surface area contributed by atoms with Gasteiger partial charge in [0.2, 0.25) is 0 Å². The fraction of sp³-hybridized carbons (Fsp3) is 0.400. The SMILES string of the molecule is O=C(NC1(CO)CC1)c1cncc(O)c1. The number of aromatic hydroxyl groups is 1. The maximum atomic E-state index is 11.6. The highest BCUT2D eigenvalue weighted by molar-refractivity contribution is 5.95. The molecule has 5 nitrogen and oxygen atoms in total. The van der Waals surface area contributed by atoms with Gasteiger partial charge < -0.3 is 15.5 Å². The van der Waals surface area contributed by atoms with Crippen molar-refractivity contribution in [3.63, 3.8) is 0 Å². The van der Waals surface area contributed by atoms with Gasteiger partial charge in [0, 0.05) is 6.20 Å². The maximum Gasteiger partial charge on any atom is 0.253 e. The summed E-state index contributed by atoms with van der Waals surface area (Å²) in [5.41, 5.74) is -0.141. The van der Waals surface area contributed by atoms with Crippen LogP contribution in [0.25, 0.3) is 0 Å². The van der Waals surface area contributed by atoms with Crippen LogP contribution < -0.4 is 5.32 Å². The van der Waals surface area contributed by atoms with E-state index in [2.05, 4.69) is 10.3 Å². The summed E-state index contributed by atoms with van der Waals surface area (Å²) in [5, 5.41) is 20.9. The second-order valence-electron chi connectivity index (χ2n) is 3.82. The summed E-state index contributed by atoms with van der Waals surface area (Å²) in [6.45, 7) is -0.0506. The molecule has 0 radical (unpaired) electrons. The van der Waals surface area contributed by atoms with Crippen molar-refractivity contribution in [1.29, 1.82) is 0 Å². The quantitative estimate of drug-likeness (QED) is 0.655. The summed E-state index contributed by atoms with van der Waals surface area (Å²) < 4.78 is 0. The Morgan fingerprint density at radius 2 is 2.27 bits per heavy atom. The molecule has 3 N–H and O–H groups in total. The highest BCUT2D eigenvalue weighted by Gasteiger charge is 2.43. The Hall–Kier alpha value is -1.62. The Kier molecular flexibility index (Phi) is 2.32. The Balaban J connectivity index is 2.08. The zero-order valence-corrected chi connectivity index (χ0v) is 8.10. The summed E-state index contributed by atoms with van der Waals surface area (Å²) in [5.74, 6) is -0.360. The number of amides is 1. The predicted octanol–water partition coefficient (Wildman–Crippen LogP) is 0.0419. The van der Waals surface area contributed by atoms with Crippen molar-refractivity contribution in [2.45, 2.75) is 18.4 Å². The van der Waals surface area contributed by atoms with E-state index in [0.29, 0.717) is 5.56 Å². The number of aliphatic hydroxyl groups is 1. The van der Waals surface area contributed by atoms with Gasteiger partial charge in [0.1, 0.15) is 5.75 Å². The number of pyridine rings is 1. The molecule has 0 aliphatic heterocycles. The lowest BCUT2D eigenvalue weighted by molar-refractivity contribution is 0.0906. The number of aliphatic hydroxyl groups excluding tert-OH is 1. The largest absolute Gasteiger partial charge is 0.506 e. The van der Waals surface area contributed by atoms with Crippen LogP contribution in [0, 0.1) is 0 Å². The molecule has 1 heterocycles. The van der Waals surface area contributed by atoms with Gasteiger partial charge in [-0.05, 0) is 18.9 Å². The van der Waals surface area contributed by atoms with Crippen molar-refractivity contribution in [1.82, 2.24) is 10.3 Å². The number of nitrogens with zero attached hydrogens (tertiary/aromatic N) is 1. The smallest absolute Gasteiger partial charge is 0.253 e. The van der Waals surface area contributed by atoms with Crippen LogP contribution in [0.15, 0.2) is 18.5 Å². The maximum absolute atomic E-state index is 11.6. The van der Waals surface area contributed by atoms with Crippen LogP contribution in [-0.2, 0) is 0 Å². The molecule has 0 spiro atoms. The first-order valence-corrected chi connectivity index (χ1v) is 4.73.